The Balaban J connectivity index is 1.54. The minimum atomic E-state index is -3.95. The second kappa shape index (κ2) is 8.88. The molecule has 0 saturated heterocycles. The van der Waals surface area contributed by atoms with E-state index in [1.807, 2.05) is 30.3 Å². The molecule has 12 heteroatoms. The van der Waals surface area contributed by atoms with Crippen LogP contribution >= 0.6 is 0 Å². The van der Waals surface area contributed by atoms with E-state index in [4.69, 9.17) is 0 Å². The van der Waals surface area contributed by atoms with Crippen molar-refractivity contribution >= 4 is 31.6 Å². The third-order valence-corrected chi connectivity index (χ3v) is 7.64. The number of anilines is 2. The smallest absolute Gasteiger partial charge is 0.265 e. The summed E-state index contributed by atoms with van der Waals surface area (Å²) in [6, 6.07) is 16.0. The maximum atomic E-state index is 12.9. The van der Waals surface area contributed by atoms with Crippen molar-refractivity contribution in [2.75, 3.05) is 9.44 Å². The SMILES string of the molecule is Cc1cc(NS(=O)(=O)c2ccc(NS(=O)(=O)c3cn(-c4ccccc4)nc3C)cc2)nc(C)n1. The first kappa shape index (κ1) is 23.4. The molecular formula is C22H22N6O4S2. The highest BCUT2D eigenvalue weighted by Gasteiger charge is 2.22. The van der Waals surface area contributed by atoms with Crippen molar-refractivity contribution in [3.8, 4) is 5.69 Å². The summed E-state index contributed by atoms with van der Waals surface area (Å²) in [6.45, 7) is 5.00. The van der Waals surface area contributed by atoms with Gasteiger partial charge < -0.3 is 0 Å². The van der Waals surface area contributed by atoms with Gasteiger partial charge >= 0.3 is 0 Å². The van der Waals surface area contributed by atoms with Gasteiger partial charge in [0.1, 0.15) is 16.5 Å². The molecule has 0 saturated carbocycles. The molecule has 2 aromatic carbocycles. The summed E-state index contributed by atoms with van der Waals surface area (Å²) in [4.78, 5) is 8.16. The highest BCUT2D eigenvalue weighted by Crippen LogP contribution is 2.22. The molecule has 0 unspecified atom stereocenters. The van der Waals surface area contributed by atoms with Gasteiger partial charge in [-0.3, -0.25) is 9.44 Å². The molecule has 0 spiro atoms. The predicted molar refractivity (Wildman–Crippen MR) is 128 cm³/mol. The number of para-hydroxylation sites is 1. The monoisotopic (exact) mass is 498 g/mol. The van der Waals surface area contributed by atoms with Gasteiger partial charge in [-0.1, -0.05) is 18.2 Å². The Hall–Kier alpha value is -3.77. The minimum absolute atomic E-state index is 0.0178. The molecule has 0 radical (unpaired) electrons. The lowest BCUT2D eigenvalue weighted by Crippen LogP contribution is -2.16. The van der Waals surface area contributed by atoms with Crippen molar-refractivity contribution in [3.05, 3.63) is 84.1 Å². The number of hydrogen-bond acceptors (Lipinski definition) is 7. The molecule has 0 atom stereocenters. The van der Waals surface area contributed by atoms with E-state index < -0.39 is 20.0 Å². The Kier molecular flexibility index (Phi) is 6.11. The third kappa shape index (κ3) is 5.07. The van der Waals surface area contributed by atoms with Crippen molar-refractivity contribution < 1.29 is 16.8 Å². The summed E-state index contributed by atoms with van der Waals surface area (Å²) in [7, 11) is -7.88. The molecular weight excluding hydrogens is 476 g/mol. The number of aromatic nitrogens is 4. The lowest BCUT2D eigenvalue weighted by Gasteiger charge is -2.10. The van der Waals surface area contributed by atoms with E-state index in [0.29, 0.717) is 17.2 Å². The molecule has 2 aromatic heterocycles. The average Bonchev–Trinajstić information content (AvgIpc) is 3.16. The van der Waals surface area contributed by atoms with Crippen LogP contribution in [0, 0.1) is 20.8 Å². The van der Waals surface area contributed by atoms with Crippen LogP contribution in [0.2, 0.25) is 0 Å². The number of sulfonamides is 2. The second-order valence-electron chi connectivity index (χ2n) is 7.54. The Morgan fingerprint density at radius 1 is 0.794 bits per heavy atom. The van der Waals surface area contributed by atoms with Crippen LogP contribution in [0.1, 0.15) is 17.2 Å². The maximum Gasteiger partial charge on any atom is 0.265 e. The molecule has 0 amide bonds. The van der Waals surface area contributed by atoms with E-state index >= 15 is 0 Å². The van der Waals surface area contributed by atoms with Crippen LogP contribution in [0.3, 0.4) is 0 Å². The zero-order chi connectivity index (χ0) is 24.5. The highest BCUT2D eigenvalue weighted by molar-refractivity contribution is 7.93. The number of hydrogen-bond donors (Lipinski definition) is 2. The lowest BCUT2D eigenvalue weighted by molar-refractivity contribution is 0.599. The number of rotatable bonds is 7. The summed E-state index contributed by atoms with van der Waals surface area (Å²) in [6.07, 6.45) is 1.43. The maximum absolute atomic E-state index is 12.9. The summed E-state index contributed by atoms with van der Waals surface area (Å²) in [5.41, 5.74) is 1.89. The predicted octanol–water partition coefficient (Wildman–Crippen LogP) is 3.19. The Bertz CT molecular complexity index is 1530. The Morgan fingerprint density at radius 2 is 1.47 bits per heavy atom. The van der Waals surface area contributed by atoms with Crippen LogP contribution in [-0.4, -0.2) is 36.6 Å². The fraction of sp³-hybridized carbons (Fsp3) is 0.136. The number of benzene rings is 2. The average molecular weight is 499 g/mol. The molecule has 2 N–H and O–H groups in total. The summed E-state index contributed by atoms with van der Waals surface area (Å²) >= 11 is 0. The van der Waals surface area contributed by atoms with Gasteiger partial charge in [0.2, 0.25) is 0 Å². The first-order valence-corrected chi connectivity index (χ1v) is 13.1. The summed E-state index contributed by atoms with van der Waals surface area (Å²) < 4.78 is 57.7. The van der Waals surface area contributed by atoms with Gasteiger partial charge in [-0.25, -0.2) is 31.5 Å². The fourth-order valence-electron chi connectivity index (χ4n) is 3.30. The van der Waals surface area contributed by atoms with E-state index in [0.717, 1.165) is 5.69 Å². The normalized spacial score (nSPS) is 11.9. The zero-order valence-corrected chi connectivity index (χ0v) is 20.2. The van der Waals surface area contributed by atoms with Crippen LogP contribution in [-0.2, 0) is 20.0 Å². The minimum Gasteiger partial charge on any atom is -0.280 e. The Labute approximate surface area is 197 Å². The molecule has 4 rings (SSSR count). The van der Waals surface area contributed by atoms with Gasteiger partial charge in [0.25, 0.3) is 20.0 Å². The van der Waals surface area contributed by atoms with Crippen LogP contribution in [0.5, 0.6) is 0 Å². The molecule has 2 heterocycles. The number of nitrogens with one attached hydrogen (secondary N) is 2. The highest BCUT2D eigenvalue weighted by atomic mass is 32.2. The number of aryl methyl sites for hydroxylation is 3. The fourth-order valence-corrected chi connectivity index (χ4v) is 5.52. The van der Waals surface area contributed by atoms with Crippen molar-refractivity contribution in [2.45, 2.75) is 30.6 Å². The van der Waals surface area contributed by atoms with Crippen molar-refractivity contribution in [3.63, 3.8) is 0 Å². The van der Waals surface area contributed by atoms with Gasteiger partial charge in [-0.15, -0.1) is 0 Å². The van der Waals surface area contributed by atoms with Crippen molar-refractivity contribution in [2.24, 2.45) is 0 Å². The van der Waals surface area contributed by atoms with Gasteiger partial charge in [-0.05, 0) is 57.2 Å². The first-order valence-electron chi connectivity index (χ1n) is 10.1. The van der Waals surface area contributed by atoms with E-state index in [-0.39, 0.29) is 21.3 Å². The largest absolute Gasteiger partial charge is 0.280 e. The third-order valence-electron chi connectivity index (χ3n) is 4.79. The summed E-state index contributed by atoms with van der Waals surface area (Å²) in [5, 5.41) is 4.29. The standard InChI is InChI=1S/C22H22N6O4S2/c1-15-13-22(24-17(3)23-15)27-33(29,30)20-11-9-18(10-12-20)26-34(31,32)21-14-28(25-16(21)2)19-7-5-4-6-8-19/h4-14,26H,1-3H3,(H,23,24,27). The van der Waals surface area contributed by atoms with Crippen LogP contribution in [0.4, 0.5) is 11.5 Å². The first-order chi connectivity index (χ1) is 16.0. The molecule has 10 nitrogen and oxygen atoms in total. The number of nitrogens with zero attached hydrogens (tertiary/aromatic N) is 4. The molecule has 4 aromatic rings. The molecule has 34 heavy (non-hydrogen) atoms. The molecule has 0 bridgehead atoms. The van der Waals surface area contributed by atoms with Crippen molar-refractivity contribution in [1.82, 2.24) is 19.7 Å². The quantitative estimate of drug-likeness (QED) is 0.399. The molecule has 176 valence electrons. The van der Waals surface area contributed by atoms with Gasteiger partial charge in [0, 0.05) is 17.4 Å². The van der Waals surface area contributed by atoms with Gasteiger partial charge in [0.15, 0.2) is 0 Å². The van der Waals surface area contributed by atoms with Crippen molar-refractivity contribution in [1.29, 1.82) is 0 Å². The molecule has 0 aliphatic heterocycles. The zero-order valence-electron chi connectivity index (χ0n) is 18.6. The lowest BCUT2D eigenvalue weighted by atomic mass is 10.3. The molecule has 0 aliphatic carbocycles. The summed E-state index contributed by atoms with van der Waals surface area (Å²) in [5.74, 6) is 0.592. The molecule has 0 aliphatic rings. The van der Waals surface area contributed by atoms with Crippen LogP contribution < -0.4 is 9.44 Å². The topological polar surface area (TPSA) is 136 Å². The van der Waals surface area contributed by atoms with E-state index in [1.165, 1.54) is 41.2 Å². The Morgan fingerprint density at radius 3 is 2.12 bits per heavy atom. The second-order valence-corrected chi connectivity index (χ2v) is 10.9. The van der Waals surface area contributed by atoms with E-state index in [1.54, 1.807) is 20.8 Å². The molecule has 0 fully saturated rings. The van der Waals surface area contributed by atoms with Crippen LogP contribution in [0.15, 0.2) is 76.7 Å². The van der Waals surface area contributed by atoms with Crippen LogP contribution in [0.25, 0.3) is 5.69 Å². The van der Waals surface area contributed by atoms with E-state index in [9.17, 15) is 16.8 Å². The van der Waals surface area contributed by atoms with Gasteiger partial charge in [0.05, 0.1) is 22.5 Å². The van der Waals surface area contributed by atoms with E-state index in [2.05, 4.69) is 24.5 Å². The van der Waals surface area contributed by atoms with Gasteiger partial charge in [-0.2, -0.15) is 5.10 Å².